The first-order valence-corrected chi connectivity index (χ1v) is 9.72. The highest BCUT2D eigenvalue weighted by Gasteiger charge is 2.05. The molecular formula is C21H18BrCl2NO. The summed E-state index contributed by atoms with van der Waals surface area (Å²) in [4.78, 5) is 0. The molecule has 3 aromatic carbocycles. The van der Waals surface area contributed by atoms with E-state index >= 15 is 0 Å². The summed E-state index contributed by atoms with van der Waals surface area (Å²) < 4.78 is 6.71. The minimum Gasteiger partial charge on any atom is -0.487 e. The summed E-state index contributed by atoms with van der Waals surface area (Å²) in [5, 5.41) is 4.61. The van der Waals surface area contributed by atoms with Crippen molar-refractivity contribution in [3.8, 4) is 5.75 Å². The van der Waals surface area contributed by atoms with E-state index in [2.05, 4.69) is 52.4 Å². The van der Waals surface area contributed by atoms with Crippen molar-refractivity contribution in [2.75, 3.05) is 5.32 Å². The highest BCUT2D eigenvalue weighted by atomic mass is 79.9. The van der Waals surface area contributed by atoms with E-state index in [1.807, 2.05) is 36.4 Å². The Balaban J connectivity index is 1.59. The van der Waals surface area contributed by atoms with Crippen LogP contribution in [-0.4, -0.2) is 0 Å². The van der Waals surface area contributed by atoms with E-state index in [0.29, 0.717) is 28.9 Å². The Morgan fingerprint density at radius 2 is 1.62 bits per heavy atom. The van der Waals surface area contributed by atoms with Crippen molar-refractivity contribution in [3.63, 3.8) is 0 Å². The number of anilines is 1. The molecule has 2 nitrogen and oxygen atoms in total. The van der Waals surface area contributed by atoms with Crippen LogP contribution in [0.3, 0.4) is 0 Å². The van der Waals surface area contributed by atoms with E-state index in [-0.39, 0.29) is 0 Å². The van der Waals surface area contributed by atoms with Gasteiger partial charge in [-0.25, -0.2) is 0 Å². The topological polar surface area (TPSA) is 21.3 Å². The van der Waals surface area contributed by atoms with Gasteiger partial charge in [-0.3, -0.25) is 0 Å². The van der Waals surface area contributed by atoms with Gasteiger partial charge >= 0.3 is 0 Å². The van der Waals surface area contributed by atoms with Gasteiger partial charge < -0.3 is 10.1 Å². The minimum absolute atomic E-state index is 0.495. The van der Waals surface area contributed by atoms with Gasteiger partial charge in [0.2, 0.25) is 0 Å². The predicted molar refractivity (Wildman–Crippen MR) is 113 cm³/mol. The molecule has 134 valence electrons. The predicted octanol–water partition coefficient (Wildman–Crippen LogP) is 7.26. The molecule has 0 aromatic heterocycles. The lowest BCUT2D eigenvalue weighted by atomic mass is 10.2. The van der Waals surface area contributed by atoms with E-state index in [1.165, 1.54) is 5.56 Å². The van der Waals surface area contributed by atoms with E-state index in [1.54, 1.807) is 0 Å². The molecule has 0 aliphatic rings. The van der Waals surface area contributed by atoms with Crippen LogP contribution in [0.1, 0.15) is 16.7 Å². The second-order valence-electron chi connectivity index (χ2n) is 6.02. The first kappa shape index (κ1) is 19.1. The van der Waals surface area contributed by atoms with Crippen LogP contribution in [0.5, 0.6) is 5.75 Å². The van der Waals surface area contributed by atoms with Crippen molar-refractivity contribution in [2.45, 2.75) is 20.1 Å². The highest BCUT2D eigenvalue weighted by Crippen LogP contribution is 2.28. The van der Waals surface area contributed by atoms with Gasteiger partial charge in [0.15, 0.2) is 0 Å². The van der Waals surface area contributed by atoms with E-state index in [4.69, 9.17) is 27.9 Å². The standard InChI is InChI=1S/C21H18BrCl2NO/c1-14-2-4-15(5-3-14)13-26-21-9-6-16(10-20(21)24)12-25-17-7-8-18(22)19(23)11-17/h2-11,25H,12-13H2,1H3. The molecule has 26 heavy (non-hydrogen) atoms. The maximum absolute atomic E-state index is 6.37. The number of hydrogen-bond acceptors (Lipinski definition) is 2. The van der Waals surface area contributed by atoms with Crippen LogP contribution in [-0.2, 0) is 13.2 Å². The molecule has 0 radical (unpaired) electrons. The lowest BCUT2D eigenvalue weighted by Gasteiger charge is -2.11. The fourth-order valence-electron chi connectivity index (χ4n) is 2.43. The van der Waals surface area contributed by atoms with Crippen LogP contribution >= 0.6 is 39.1 Å². The maximum atomic E-state index is 6.37. The smallest absolute Gasteiger partial charge is 0.138 e. The normalized spacial score (nSPS) is 10.6. The first-order valence-electron chi connectivity index (χ1n) is 8.17. The average molecular weight is 451 g/mol. The zero-order valence-electron chi connectivity index (χ0n) is 14.2. The van der Waals surface area contributed by atoms with E-state index < -0.39 is 0 Å². The number of ether oxygens (including phenoxy) is 1. The number of aryl methyl sites for hydroxylation is 1. The monoisotopic (exact) mass is 449 g/mol. The zero-order chi connectivity index (χ0) is 18.5. The van der Waals surface area contributed by atoms with Crippen LogP contribution in [0.15, 0.2) is 65.1 Å². The molecule has 1 N–H and O–H groups in total. The second-order valence-corrected chi connectivity index (χ2v) is 7.69. The molecule has 0 saturated carbocycles. The van der Waals surface area contributed by atoms with Crippen LogP contribution in [0.4, 0.5) is 5.69 Å². The van der Waals surface area contributed by atoms with Crippen molar-refractivity contribution in [1.29, 1.82) is 0 Å². The van der Waals surface area contributed by atoms with E-state index in [9.17, 15) is 0 Å². The van der Waals surface area contributed by atoms with Crippen molar-refractivity contribution >= 4 is 44.8 Å². The summed E-state index contributed by atoms with van der Waals surface area (Å²) in [6.45, 7) is 3.21. The third kappa shape index (κ3) is 5.16. The molecule has 0 heterocycles. The lowest BCUT2D eigenvalue weighted by molar-refractivity contribution is 0.306. The third-order valence-corrected chi connectivity index (χ3v) is 5.46. The number of rotatable bonds is 6. The highest BCUT2D eigenvalue weighted by molar-refractivity contribution is 9.10. The van der Waals surface area contributed by atoms with Crippen LogP contribution in [0, 0.1) is 6.92 Å². The van der Waals surface area contributed by atoms with Gasteiger partial charge in [0.05, 0.1) is 10.0 Å². The second kappa shape index (κ2) is 8.81. The Bertz CT molecular complexity index is 897. The molecular weight excluding hydrogens is 433 g/mol. The summed E-state index contributed by atoms with van der Waals surface area (Å²) in [5.74, 6) is 0.683. The fraction of sp³-hybridized carbons (Fsp3) is 0.143. The van der Waals surface area contributed by atoms with Crippen LogP contribution in [0.2, 0.25) is 10.0 Å². The van der Waals surface area contributed by atoms with Crippen LogP contribution in [0.25, 0.3) is 0 Å². The van der Waals surface area contributed by atoms with Crippen molar-refractivity contribution in [1.82, 2.24) is 0 Å². The molecule has 0 bridgehead atoms. The zero-order valence-corrected chi connectivity index (χ0v) is 17.3. The fourth-order valence-corrected chi connectivity index (χ4v) is 3.11. The van der Waals surface area contributed by atoms with Gasteiger partial charge in [-0.15, -0.1) is 0 Å². The number of benzene rings is 3. The number of hydrogen-bond donors (Lipinski definition) is 1. The van der Waals surface area contributed by atoms with E-state index in [0.717, 1.165) is 21.3 Å². The molecule has 0 aliphatic carbocycles. The maximum Gasteiger partial charge on any atom is 0.138 e. The molecule has 0 unspecified atom stereocenters. The Labute approximate surface area is 172 Å². The van der Waals surface area contributed by atoms with Gasteiger partial charge in [0.25, 0.3) is 0 Å². The SMILES string of the molecule is Cc1ccc(COc2ccc(CNc3ccc(Br)c(Cl)c3)cc2Cl)cc1. The molecule has 0 saturated heterocycles. The quantitative estimate of drug-likeness (QED) is 0.426. The summed E-state index contributed by atoms with van der Waals surface area (Å²) in [6.07, 6.45) is 0. The first-order chi connectivity index (χ1) is 12.5. The Hall–Kier alpha value is -1.68. The van der Waals surface area contributed by atoms with Gasteiger partial charge in [-0.05, 0) is 64.3 Å². The Morgan fingerprint density at radius 3 is 2.31 bits per heavy atom. The molecule has 0 fully saturated rings. The molecule has 3 aromatic rings. The van der Waals surface area contributed by atoms with Gasteiger partial charge in [-0.1, -0.05) is 59.1 Å². The summed E-state index contributed by atoms with van der Waals surface area (Å²) in [5.41, 5.74) is 4.37. The lowest BCUT2D eigenvalue weighted by Crippen LogP contribution is -2.00. The van der Waals surface area contributed by atoms with Crippen molar-refractivity contribution < 1.29 is 4.74 Å². The molecule has 3 rings (SSSR count). The Kier molecular flexibility index (Phi) is 6.47. The summed E-state index contributed by atoms with van der Waals surface area (Å²) in [7, 11) is 0. The summed E-state index contributed by atoms with van der Waals surface area (Å²) >= 11 is 15.9. The molecule has 0 amide bonds. The van der Waals surface area contributed by atoms with Gasteiger partial charge in [-0.2, -0.15) is 0 Å². The molecule has 0 atom stereocenters. The van der Waals surface area contributed by atoms with Gasteiger partial charge in [0, 0.05) is 16.7 Å². The average Bonchev–Trinajstić information content (AvgIpc) is 2.63. The Morgan fingerprint density at radius 1 is 0.885 bits per heavy atom. The minimum atomic E-state index is 0.495. The third-order valence-electron chi connectivity index (χ3n) is 3.93. The largest absolute Gasteiger partial charge is 0.487 e. The van der Waals surface area contributed by atoms with Crippen molar-refractivity contribution in [2.24, 2.45) is 0 Å². The van der Waals surface area contributed by atoms with Crippen LogP contribution < -0.4 is 10.1 Å². The van der Waals surface area contributed by atoms with Gasteiger partial charge in [0.1, 0.15) is 12.4 Å². The van der Waals surface area contributed by atoms with Crippen molar-refractivity contribution in [3.05, 3.63) is 91.9 Å². The molecule has 0 aliphatic heterocycles. The molecule has 5 heteroatoms. The molecule has 0 spiro atoms. The summed E-state index contributed by atoms with van der Waals surface area (Å²) in [6, 6.07) is 19.9. The number of halogens is 3. The number of nitrogens with one attached hydrogen (secondary N) is 1.